The van der Waals surface area contributed by atoms with Crippen LogP contribution in [0.3, 0.4) is 0 Å². The number of ether oxygens (including phenoxy) is 3. The Morgan fingerprint density at radius 1 is 1.08 bits per heavy atom. The van der Waals surface area contributed by atoms with E-state index in [2.05, 4.69) is 5.32 Å². The maximum Gasteiger partial charge on any atom is 0.169 e. The number of benzene rings is 2. The van der Waals surface area contributed by atoms with Crippen LogP contribution in [-0.2, 0) is 4.74 Å². The third kappa shape index (κ3) is 4.15. The van der Waals surface area contributed by atoms with Gasteiger partial charge in [0.05, 0.1) is 18.0 Å². The number of nitrogens with two attached hydrogens (primary N) is 2. The molecule has 134 valence electrons. The van der Waals surface area contributed by atoms with E-state index in [0.29, 0.717) is 35.2 Å². The van der Waals surface area contributed by atoms with Crippen molar-refractivity contribution in [3.05, 3.63) is 42.5 Å². The van der Waals surface area contributed by atoms with E-state index in [4.69, 9.17) is 25.7 Å². The van der Waals surface area contributed by atoms with Crippen LogP contribution in [0, 0.1) is 0 Å². The Kier molecular flexibility index (Phi) is 5.01. The van der Waals surface area contributed by atoms with Gasteiger partial charge in [-0.25, -0.2) is 0 Å². The molecule has 0 amide bonds. The number of nitrogens with one attached hydrogen (secondary N) is 1. The summed E-state index contributed by atoms with van der Waals surface area (Å²) >= 11 is 0. The molecule has 0 spiro atoms. The lowest BCUT2D eigenvalue weighted by Gasteiger charge is -2.37. The summed E-state index contributed by atoms with van der Waals surface area (Å²) in [5, 5.41) is 3.33. The van der Waals surface area contributed by atoms with E-state index >= 15 is 0 Å². The number of hydrogen-bond acceptors (Lipinski definition) is 6. The highest BCUT2D eigenvalue weighted by atomic mass is 16.6. The van der Waals surface area contributed by atoms with Gasteiger partial charge in [0, 0.05) is 19.2 Å². The molecule has 0 radical (unpaired) electrons. The van der Waals surface area contributed by atoms with Crippen LogP contribution in [-0.4, -0.2) is 31.4 Å². The first kappa shape index (κ1) is 17.4. The topological polar surface area (TPSA) is 91.8 Å². The van der Waals surface area contributed by atoms with Gasteiger partial charge >= 0.3 is 0 Å². The van der Waals surface area contributed by atoms with Crippen LogP contribution in [0.15, 0.2) is 42.5 Å². The maximum absolute atomic E-state index is 6.25. The normalized spacial score (nSPS) is 17.9. The summed E-state index contributed by atoms with van der Waals surface area (Å²) in [6, 6.07) is 12.8. The molecule has 1 atom stereocenters. The van der Waals surface area contributed by atoms with Crippen molar-refractivity contribution in [1.82, 2.24) is 5.32 Å². The second-order valence-corrected chi connectivity index (χ2v) is 6.61. The third-order valence-corrected chi connectivity index (χ3v) is 4.21. The molecular formula is C19H25N3O3. The van der Waals surface area contributed by atoms with Gasteiger partial charge < -0.3 is 31.0 Å². The van der Waals surface area contributed by atoms with Crippen LogP contribution >= 0.6 is 0 Å². The zero-order chi connectivity index (χ0) is 17.9. The Bertz CT molecular complexity index is 728. The van der Waals surface area contributed by atoms with Crippen molar-refractivity contribution in [1.29, 1.82) is 0 Å². The SMILES string of the molecule is CC(C)(Oc1ccccc1Oc1ccc(N)c(N)c1)C1CNCCO1. The first-order valence-electron chi connectivity index (χ1n) is 8.39. The molecule has 1 fully saturated rings. The van der Waals surface area contributed by atoms with Gasteiger partial charge in [0.1, 0.15) is 17.5 Å². The van der Waals surface area contributed by atoms with Crippen LogP contribution in [0.2, 0.25) is 0 Å². The zero-order valence-corrected chi connectivity index (χ0v) is 14.6. The van der Waals surface area contributed by atoms with Crippen LogP contribution in [0.25, 0.3) is 0 Å². The summed E-state index contributed by atoms with van der Waals surface area (Å²) in [5.41, 5.74) is 12.1. The quantitative estimate of drug-likeness (QED) is 0.723. The number of rotatable bonds is 5. The molecule has 3 rings (SSSR count). The summed E-state index contributed by atoms with van der Waals surface area (Å²) < 4.78 is 18.1. The molecule has 5 N–H and O–H groups in total. The Morgan fingerprint density at radius 3 is 2.52 bits per heavy atom. The number of morpholine rings is 1. The van der Waals surface area contributed by atoms with Gasteiger partial charge in [-0.1, -0.05) is 12.1 Å². The van der Waals surface area contributed by atoms with Gasteiger partial charge in [0.25, 0.3) is 0 Å². The van der Waals surface area contributed by atoms with E-state index < -0.39 is 5.60 Å². The summed E-state index contributed by atoms with van der Waals surface area (Å²) in [4.78, 5) is 0. The van der Waals surface area contributed by atoms with E-state index in [1.54, 1.807) is 18.2 Å². The lowest BCUT2D eigenvalue weighted by atomic mass is 10.00. The third-order valence-electron chi connectivity index (χ3n) is 4.21. The average molecular weight is 343 g/mol. The van der Waals surface area contributed by atoms with Gasteiger partial charge in [-0.05, 0) is 38.1 Å². The highest BCUT2D eigenvalue weighted by Gasteiger charge is 2.34. The first-order valence-corrected chi connectivity index (χ1v) is 8.39. The Balaban J connectivity index is 1.79. The molecule has 0 bridgehead atoms. The van der Waals surface area contributed by atoms with Crippen LogP contribution in [0.5, 0.6) is 17.2 Å². The van der Waals surface area contributed by atoms with E-state index in [1.165, 1.54) is 0 Å². The van der Waals surface area contributed by atoms with Crippen molar-refractivity contribution in [2.24, 2.45) is 0 Å². The fourth-order valence-electron chi connectivity index (χ4n) is 2.72. The molecular weight excluding hydrogens is 318 g/mol. The van der Waals surface area contributed by atoms with E-state index in [0.717, 1.165) is 13.1 Å². The molecule has 1 heterocycles. The predicted octanol–water partition coefficient (Wildman–Crippen LogP) is 2.79. The highest BCUT2D eigenvalue weighted by Crippen LogP contribution is 2.36. The van der Waals surface area contributed by atoms with Gasteiger partial charge in [0.2, 0.25) is 0 Å². The lowest BCUT2D eigenvalue weighted by molar-refractivity contribution is -0.0859. The largest absolute Gasteiger partial charge is 0.481 e. The number of para-hydroxylation sites is 2. The first-order chi connectivity index (χ1) is 12.0. The summed E-state index contributed by atoms with van der Waals surface area (Å²) in [6.45, 7) is 6.33. The molecule has 2 aromatic carbocycles. The lowest BCUT2D eigenvalue weighted by Crippen LogP contribution is -2.53. The van der Waals surface area contributed by atoms with Crippen molar-refractivity contribution < 1.29 is 14.2 Å². The standard InChI is InChI=1S/C19H25N3O3/c1-19(2,18-12-22-9-10-23-18)25-17-6-4-3-5-16(17)24-13-7-8-14(20)15(21)11-13/h3-8,11,18,22H,9-10,12,20-21H2,1-2H3. The summed E-state index contributed by atoms with van der Waals surface area (Å²) in [6.07, 6.45) is -0.0403. The molecule has 1 aliphatic heterocycles. The monoisotopic (exact) mass is 343 g/mol. The fraction of sp³-hybridized carbons (Fsp3) is 0.368. The van der Waals surface area contributed by atoms with Crippen molar-refractivity contribution in [2.45, 2.75) is 25.6 Å². The fourth-order valence-corrected chi connectivity index (χ4v) is 2.72. The molecule has 0 aromatic heterocycles. The number of anilines is 2. The average Bonchev–Trinajstić information content (AvgIpc) is 2.60. The number of hydrogen-bond donors (Lipinski definition) is 3. The highest BCUT2D eigenvalue weighted by molar-refractivity contribution is 5.65. The molecule has 1 saturated heterocycles. The van der Waals surface area contributed by atoms with Crippen LogP contribution in [0.1, 0.15) is 13.8 Å². The summed E-state index contributed by atoms with van der Waals surface area (Å²) in [7, 11) is 0. The van der Waals surface area contributed by atoms with Crippen LogP contribution < -0.4 is 26.3 Å². The molecule has 1 aliphatic rings. The molecule has 25 heavy (non-hydrogen) atoms. The van der Waals surface area contributed by atoms with Crippen molar-refractivity contribution in [3.8, 4) is 17.2 Å². The second kappa shape index (κ2) is 7.21. The van der Waals surface area contributed by atoms with Gasteiger partial charge in [-0.3, -0.25) is 0 Å². The van der Waals surface area contributed by atoms with Crippen molar-refractivity contribution >= 4 is 11.4 Å². The maximum atomic E-state index is 6.25. The van der Waals surface area contributed by atoms with Gasteiger partial charge in [-0.15, -0.1) is 0 Å². The molecule has 6 heteroatoms. The minimum absolute atomic E-state index is 0.0403. The van der Waals surface area contributed by atoms with Crippen molar-refractivity contribution in [2.75, 3.05) is 31.2 Å². The second-order valence-electron chi connectivity index (χ2n) is 6.61. The number of nitrogen functional groups attached to an aromatic ring is 2. The molecule has 0 aliphatic carbocycles. The Hall–Kier alpha value is -2.44. The van der Waals surface area contributed by atoms with Crippen LogP contribution in [0.4, 0.5) is 11.4 Å². The minimum atomic E-state index is -0.507. The Morgan fingerprint density at radius 2 is 1.84 bits per heavy atom. The van der Waals surface area contributed by atoms with Gasteiger partial charge in [0.15, 0.2) is 11.5 Å². The predicted molar refractivity (Wildman–Crippen MR) is 99.1 cm³/mol. The smallest absolute Gasteiger partial charge is 0.169 e. The molecule has 1 unspecified atom stereocenters. The van der Waals surface area contributed by atoms with Crippen molar-refractivity contribution in [3.63, 3.8) is 0 Å². The summed E-state index contributed by atoms with van der Waals surface area (Å²) in [5.74, 6) is 1.87. The van der Waals surface area contributed by atoms with E-state index in [1.807, 2.05) is 38.1 Å². The van der Waals surface area contributed by atoms with E-state index in [-0.39, 0.29) is 6.10 Å². The Labute approximate surface area is 148 Å². The molecule has 6 nitrogen and oxygen atoms in total. The van der Waals surface area contributed by atoms with E-state index in [9.17, 15) is 0 Å². The molecule has 0 saturated carbocycles. The van der Waals surface area contributed by atoms with Gasteiger partial charge in [-0.2, -0.15) is 0 Å². The zero-order valence-electron chi connectivity index (χ0n) is 14.6. The minimum Gasteiger partial charge on any atom is -0.481 e. The molecule has 2 aromatic rings.